The number of hydrogen-bond donors (Lipinski definition) is 2. The van der Waals surface area contributed by atoms with E-state index >= 15 is 0 Å². The monoisotopic (exact) mass is 401 g/mol. The molecule has 0 bridgehead atoms. The summed E-state index contributed by atoms with van der Waals surface area (Å²) in [6.07, 6.45) is 5.39. The van der Waals surface area contributed by atoms with Gasteiger partial charge < -0.3 is 15.3 Å². The molecule has 1 aromatic carbocycles. The Balaban J connectivity index is 1.41. The predicted octanol–water partition coefficient (Wildman–Crippen LogP) is 3.33. The summed E-state index contributed by atoms with van der Waals surface area (Å²) < 4.78 is 0. The Hall–Kier alpha value is -2.99. The second-order valence-electron chi connectivity index (χ2n) is 8.28. The number of rotatable bonds is 5. The minimum atomic E-state index is -0.138. The molecule has 0 unspecified atom stereocenters. The zero-order valence-corrected chi connectivity index (χ0v) is 17.0. The number of hydrogen-bond acceptors (Lipinski definition) is 6. The molecule has 30 heavy (non-hydrogen) atoms. The molecule has 3 aromatic rings. The third kappa shape index (κ3) is 4.14. The van der Waals surface area contributed by atoms with Crippen molar-refractivity contribution in [3.63, 3.8) is 0 Å². The Kier molecular flexibility index (Phi) is 5.32. The van der Waals surface area contributed by atoms with E-state index in [0.717, 1.165) is 62.6 Å². The average molecular weight is 402 g/mol. The largest absolute Gasteiger partial charge is 0.393 e. The molecule has 0 radical (unpaired) electrons. The zero-order chi connectivity index (χ0) is 20.3. The smallest absolute Gasteiger partial charge is 0.182 e. The molecule has 6 heteroatoms. The van der Waals surface area contributed by atoms with Crippen LogP contribution in [0.1, 0.15) is 24.0 Å². The van der Waals surface area contributed by atoms with Gasteiger partial charge in [-0.25, -0.2) is 9.97 Å². The summed E-state index contributed by atoms with van der Waals surface area (Å²) in [7, 11) is 0. The lowest BCUT2D eigenvalue weighted by molar-refractivity contribution is 0.0486. The van der Waals surface area contributed by atoms with Crippen LogP contribution in [0.2, 0.25) is 0 Å². The normalized spacial score (nSPS) is 20.8. The minimum Gasteiger partial charge on any atom is -0.393 e. The van der Waals surface area contributed by atoms with Crippen molar-refractivity contribution < 1.29 is 5.11 Å². The van der Waals surface area contributed by atoms with Crippen LogP contribution in [-0.2, 0) is 12.8 Å². The molecule has 3 heterocycles. The summed E-state index contributed by atoms with van der Waals surface area (Å²) in [6.45, 7) is 2.69. The summed E-state index contributed by atoms with van der Waals surface area (Å²) in [4.78, 5) is 16.4. The van der Waals surface area contributed by atoms with E-state index in [4.69, 9.17) is 9.97 Å². The second-order valence-corrected chi connectivity index (χ2v) is 8.28. The number of benzene rings is 1. The van der Waals surface area contributed by atoms with E-state index < -0.39 is 0 Å². The maximum Gasteiger partial charge on any atom is 0.182 e. The van der Waals surface area contributed by atoms with Crippen LogP contribution >= 0.6 is 0 Å². The molecule has 1 saturated carbocycles. The van der Waals surface area contributed by atoms with Crippen LogP contribution < -0.4 is 10.2 Å². The maximum atomic E-state index is 9.56. The van der Waals surface area contributed by atoms with Crippen molar-refractivity contribution in [3.05, 3.63) is 65.9 Å². The molecule has 0 saturated heterocycles. The van der Waals surface area contributed by atoms with Crippen LogP contribution in [0.4, 0.5) is 11.6 Å². The van der Waals surface area contributed by atoms with Gasteiger partial charge in [0.1, 0.15) is 17.3 Å². The Bertz CT molecular complexity index is 976. The van der Waals surface area contributed by atoms with Crippen LogP contribution in [0.3, 0.4) is 0 Å². The summed E-state index contributed by atoms with van der Waals surface area (Å²) in [5, 5.41) is 13.0. The number of pyridine rings is 1. The molecule has 2 N–H and O–H groups in total. The van der Waals surface area contributed by atoms with Crippen molar-refractivity contribution in [2.24, 2.45) is 5.92 Å². The van der Waals surface area contributed by atoms with Crippen molar-refractivity contribution in [2.45, 2.75) is 31.8 Å². The van der Waals surface area contributed by atoms with Gasteiger partial charge in [0.05, 0.1) is 6.10 Å². The van der Waals surface area contributed by atoms with Crippen LogP contribution in [0.25, 0.3) is 11.5 Å². The Morgan fingerprint density at radius 1 is 0.967 bits per heavy atom. The molecule has 6 nitrogen and oxygen atoms in total. The summed E-state index contributed by atoms with van der Waals surface area (Å²) >= 11 is 0. The number of nitrogens with zero attached hydrogens (tertiary/aromatic N) is 4. The quantitative estimate of drug-likeness (QED) is 0.683. The third-order valence-corrected chi connectivity index (χ3v) is 6.13. The first-order valence-corrected chi connectivity index (χ1v) is 10.8. The molecule has 5 rings (SSSR count). The van der Waals surface area contributed by atoms with Crippen LogP contribution in [0.5, 0.6) is 0 Å². The first-order chi connectivity index (χ1) is 14.7. The van der Waals surface area contributed by atoms with Crippen LogP contribution in [0.15, 0.2) is 54.7 Å². The van der Waals surface area contributed by atoms with Gasteiger partial charge in [0.2, 0.25) is 0 Å². The molecule has 2 aromatic heterocycles. The number of anilines is 2. The number of nitrogens with one attached hydrogen (secondary N) is 1. The van der Waals surface area contributed by atoms with Crippen LogP contribution in [0, 0.1) is 5.92 Å². The first-order valence-electron chi connectivity index (χ1n) is 10.8. The standard InChI is InChI=1S/C24H27N5O/c30-20-13-17(14-20)16-26-22-15-23(28-24(27-22)21-7-3-4-10-25-21)29-11-8-18-5-1-2-6-19(18)9-12-29/h1-7,10,15,17,20,30H,8-9,11-14,16H2,(H,26,27,28)/t17-,20-. The van der Waals surface area contributed by atoms with E-state index in [-0.39, 0.29) is 6.10 Å². The Labute approximate surface area is 177 Å². The predicted molar refractivity (Wildman–Crippen MR) is 119 cm³/mol. The number of aliphatic hydroxyl groups is 1. The third-order valence-electron chi connectivity index (χ3n) is 6.13. The van der Waals surface area contributed by atoms with Crippen molar-refractivity contribution in [1.29, 1.82) is 0 Å². The first kappa shape index (κ1) is 19.0. The minimum absolute atomic E-state index is 0.138. The van der Waals surface area contributed by atoms with Gasteiger partial charge in [0.25, 0.3) is 0 Å². The van der Waals surface area contributed by atoms with E-state index in [9.17, 15) is 5.11 Å². The average Bonchev–Trinajstić information content (AvgIpc) is 2.99. The fraction of sp³-hybridized carbons (Fsp3) is 0.375. The highest BCUT2D eigenvalue weighted by atomic mass is 16.3. The van der Waals surface area contributed by atoms with Gasteiger partial charge in [0.15, 0.2) is 5.82 Å². The van der Waals surface area contributed by atoms with Gasteiger partial charge in [-0.15, -0.1) is 0 Å². The lowest BCUT2D eigenvalue weighted by Gasteiger charge is -2.31. The van der Waals surface area contributed by atoms with Gasteiger partial charge in [-0.1, -0.05) is 30.3 Å². The van der Waals surface area contributed by atoms with Gasteiger partial charge >= 0.3 is 0 Å². The fourth-order valence-electron chi connectivity index (χ4n) is 4.31. The van der Waals surface area contributed by atoms with Gasteiger partial charge in [-0.3, -0.25) is 4.98 Å². The van der Waals surface area contributed by atoms with E-state index in [1.54, 1.807) is 6.20 Å². The molecular formula is C24H27N5O. The van der Waals surface area contributed by atoms with E-state index in [0.29, 0.717) is 11.7 Å². The summed E-state index contributed by atoms with van der Waals surface area (Å²) in [6, 6.07) is 16.6. The molecular weight excluding hydrogens is 374 g/mol. The highest BCUT2D eigenvalue weighted by molar-refractivity contribution is 5.59. The molecule has 2 aliphatic rings. The molecule has 1 aliphatic carbocycles. The summed E-state index contributed by atoms with van der Waals surface area (Å²) in [5.74, 6) is 2.91. The fourth-order valence-corrected chi connectivity index (χ4v) is 4.31. The van der Waals surface area contributed by atoms with Gasteiger partial charge in [-0.2, -0.15) is 0 Å². The van der Waals surface area contributed by atoms with Crippen molar-refractivity contribution in [3.8, 4) is 11.5 Å². The second kappa shape index (κ2) is 8.40. The SMILES string of the molecule is O[C@H]1C[C@H](CNc2cc(N3CCc4ccccc4CC3)nc(-c3ccccn3)n2)C1. The lowest BCUT2D eigenvalue weighted by Crippen LogP contribution is -2.33. The summed E-state index contributed by atoms with van der Waals surface area (Å²) in [5.41, 5.74) is 3.64. The van der Waals surface area contributed by atoms with Crippen LogP contribution in [-0.4, -0.2) is 45.8 Å². The number of fused-ring (bicyclic) bond motifs is 1. The topological polar surface area (TPSA) is 74.2 Å². The van der Waals surface area contributed by atoms with E-state index in [1.807, 2.05) is 18.2 Å². The van der Waals surface area contributed by atoms with Crippen molar-refractivity contribution in [2.75, 3.05) is 29.9 Å². The van der Waals surface area contributed by atoms with E-state index in [1.165, 1.54) is 11.1 Å². The number of aromatic nitrogens is 3. The molecule has 154 valence electrons. The molecule has 0 spiro atoms. The van der Waals surface area contributed by atoms with Gasteiger partial charge in [0, 0.05) is 31.9 Å². The highest BCUT2D eigenvalue weighted by Gasteiger charge is 2.27. The zero-order valence-electron chi connectivity index (χ0n) is 17.0. The number of aliphatic hydroxyl groups excluding tert-OH is 1. The highest BCUT2D eigenvalue weighted by Crippen LogP contribution is 2.28. The molecule has 0 amide bonds. The lowest BCUT2D eigenvalue weighted by atomic mass is 9.82. The maximum absolute atomic E-state index is 9.56. The van der Waals surface area contributed by atoms with E-state index in [2.05, 4.69) is 45.5 Å². The Morgan fingerprint density at radius 3 is 2.37 bits per heavy atom. The molecule has 0 atom stereocenters. The Morgan fingerprint density at radius 2 is 1.70 bits per heavy atom. The van der Waals surface area contributed by atoms with Crippen molar-refractivity contribution >= 4 is 11.6 Å². The van der Waals surface area contributed by atoms with Crippen molar-refractivity contribution in [1.82, 2.24) is 15.0 Å². The van der Waals surface area contributed by atoms with Gasteiger partial charge in [-0.05, 0) is 54.9 Å². The molecule has 1 aliphatic heterocycles. The molecule has 1 fully saturated rings.